The van der Waals surface area contributed by atoms with E-state index in [1.165, 1.54) is 51.3 Å². The van der Waals surface area contributed by atoms with Gasteiger partial charge in [-0.2, -0.15) is 0 Å². The van der Waals surface area contributed by atoms with Crippen molar-refractivity contribution in [2.24, 2.45) is 5.92 Å². The van der Waals surface area contributed by atoms with Crippen molar-refractivity contribution in [3.05, 3.63) is 28.0 Å². The third-order valence-electron chi connectivity index (χ3n) is 4.05. The molecule has 0 saturated heterocycles. The van der Waals surface area contributed by atoms with E-state index in [9.17, 15) is 9.18 Å². The van der Waals surface area contributed by atoms with Gasteiger partial charge in [0, 0.05) is 12.5 Å². The minimum atomic E-state index is -0.411. The Morgan fingerprint density at radius 2 is 2.05 bits per heavy atom. The van der Waals surface area contributed by atoms with Crippen LogP contribution in [0.25, 0.3) is 0 Å². The van der Waals surface area contributed by atoms with E-state index >= 15 is 0 Å². The first-order valence-electron chi connectivity index (χ1n) is 7.18. The molecule has 1 saturated carbocycles. The highest BCUT2D eigenvalue weighted by molar-refractivity contribution is 9.10. The quantitative estimate of drug-likeness (QED) is 0.692. The number of carbonyl (C=O) groups excluding carboxylic acids is 1. The third kappa shape index (κ3) is 3.81. The summed E-state index contributed by atoms with van der Waals surface area (Å²) < 4.78 is 18.9. The molecule has 0 amide bonds. The highest BCUT2D eigenvalue weighted by atomic mass is 79.9. The van der Waals surface area contributed by atoms with Gasteiger partial charge in [0.05, 0.1) is 17.1 Å². The molecule has 0 unspecified atom stereocenters. The van der Waals surface area contributed by atoms with Gasteiger partial charge in [0.15, 0.2) is 5.78 Å². The number of Topliss-reactive ketones (excluding diaryl/α,β-unsaturated/α-hetero) is 1. The first-order chi connectivity index (χ1) is 9.61. The number of hydrogen-bond donors (Lipinski definition) is 0. The molecule has 0 atom stereocenters. The minimum Gasteiger partial charge on any atom is -0.496 e. The average Bonchev–Trinajstić information content (AvgIpc) is 2.48. The maximum atomic E-state index is 13.4. The highest BCUT2D eigenvalue weighted by Gasteiger charge is 2.19. The lowest BCUT2D eigenvalue weighted by molar-refractivity contribution is 0.0967. The molecule has 1 aliphatic carbocycles. The summed E-state index contributed by atoms with van der Waals surface area (Å²) in [4.78, 5) is 12.3. The molecule has 110 valence electrons. The second kappa shape index (κ2) is 7.21. The van der Waals surface area contributed by atoms with E-state index in [1.54, 1.807) is 0 Å². The molecule has 2 nitrogen and oxygen atoms in total. The molecular formula is C16H20BrFO2. The van der Waals surface area contributed by atoms with Crippen LogP contribution in [-0.2, 0) is 0 Å². The Kier molecular flexibility index (Phi) is 5.58. The number of ether oxygens (including phenoxy) is 1. The molecule has 20 heavy (non-hydrogen) atoms. The van der Waals surface area contributed by atoms with Crippen molar-refractivity contribution < 1.29 is 13.9 Å². The van der Waals surface area contributed by atoms with Crippen LogP contribution in [0.2, 0.25) is 0 Å². The molecule has 2 rings (SSSR count). The van der Waals surface area contributed by atoms with Gasteiger partial charge in [0.1, 0.15) is 11.6 Å². The van der Waals surface area contributed by atoms with Crippen molar-refractivity contribution in [2.75, 3.05) is 7.11 Å². The monoisotopic (exact) mass is 342 g/mol. The average molecular weight is 343 g/mol. The van der Waals surface area contributed by atoms with Gasteiger partial charge < -0.3 is 4.74 Å². The largest absolute Gasteiger partial charge is 0.496 e. The molecule has 0 bridgehead atoms. The van der Waals surface area contributed by atoms with Crippen LogP contribution in [0.15, 0.2) is 16.6 Å². The number of halogens is 2. The van der Waals surface area contributed by atoms with E-state index in [2.05, 4.69) is 15.9 Å². The van der Waals surface area contributed by atoms with Gasteiger partial charge in [-0.25, -0.2) is 4.39 Å². The van der Waals surface area contributed by atoms with E-state index in [1.807, 2.05) is 0 Å². The van der Waals surface area contributed by atoms with Gasteiger partial charge in [-0.15, -0.1) is 0 Å². The van der Waals surface area contributed by atoms with Crippen LogP contribution in [0.4, 0.5) is 4.39 Å². The number of methoxy groups -OCH3 is 1. The van der Waals surface area contributed by atoms with Gasteiger partial charge in [-0.3, -0.25) is 4.79 Å². The van der Waals surface area contributed by atoms with E-state index in [0.717, 1.165) is 6.42 Å². The maximum Gasteiger partial charge on any atom is 0.166 e. The van der Waals surface area contributed by atoms with Crippen molar-refractivity contribution in [3.63, 3.8) is 0 Å². The van der Waals surface area contributed by atoms with Gasteiger partial charge >= 0.3 is 0 Å². The van der Waals surface area contributed by atoms with Gasteiger partial charge in [0.2, 0.25) is 0 Å². The normalized spacial score (nSPS) is 16.1. The van der Waals surface area contributed by atoms with Crippen molar-refractivity contribution in [1.29, 1.82) is 0 Å². The van der Waals surface area contributed by atoms with Gasteiger partial charge in [0.25, 0.3) is 0 Å². The Hall–Kier alpha value is -0.900. The maximum absolute atomic E-state index is 13.4. The van der Waals surface area contributed by atoms with Crippen molar-refractivity contribution >= 4 is 21.7 Å². The van der Waals surface area contributed by atoms with Crippen LogP contribution < -0.4 is 4.74 Å². The molecule has 4 heteroatoms. The molecule has 1 aromatic rings. The molecule has 0 aromatic heterocycles. The van der Waals surface area contributed by atoms with Gasteiger partial charge in [-0.05, 0) is 34.3 Å². The summed E-state index contributed by atoms with van der Waals surface area (Å²) in [5.41, 5.74) is 0.469. The Morgan fingerprint density at radius 3 is 2.70 bits per heavy atom. The van der Waals surface area contributed by atoms with Crippen LogP contribution in [0.5, 0.6) is 5.75 Å². The summed E-state index contributed by atoms with van der Waals surface area (Å²) in [6, 6.07) is 2.79. The summed E-state index contributed by atoms with van der Waals surface area (Å²) in [6.07, 6.45) is 7.79. The Morgan fingerprint density at radius 1 is 1.35 bits per heavy atom. The SMILES string of the molecule is COc1cc(F)c(Br)cc1C(=O)CCC1CCCCC1. The molecule has 0 heterocycles. The topological polar surface area (TPSA) is 26.3 Å². The number of hydrogen-bond acceptors (Lipinski definition) is 2. The third-order valence-corrected chi connectivity index (χ3v) is 4.65. The lowest BCUT2D eigenvalue weighted by Gasteiger charge is -2.21. The van der Waals surface area contributed by atoms with Crippen LogP contribution in [0.1, 0.15) is 55.3 Å². The second-order valence-corrected chi connectivity index (χ2v) is 6.29. The molecule has 0 N–H and O–H groups in total. The number of ketones is 1. The zero-order valence-electron chi connectivity index (χ0n) is 11.8. The molecule has 0 aliphatic heterocycles. The van der Waals surface area contributed by atoms with Crippen molar-refractivity contribution in [2.45, 2.75) is 44.9 Å². The fourth-order valence-corrected chi connectivity index (χ4v) is 3.20. The summed E-state index contributed by atoms with van der Waals surface area (Å²) in [5.74, 6) is 0.612. The zero-order valence-corrected chi connectivity index (χ0v) is 13.3. The fourth-order valence-electron chi connectivity index (χ4n) is 2.86. The van der Waals surface area contributed by atoms with Crippen molar-refractivity contribution in [1.82, 2.24) is 0 Å². The lowest BCUT2D eigenvalue weighted by Crippen LogP contribution is -2.10. The van der Waals surface area contributed by atoms with E-state index in [0.29, 0.717) is 28.1 Å². The van der Waals surface area contributed by atoms with Crippen LogP contribution in [0, 0.1) is 11.7 Å². The van der Waals surface area contributed by atoms with E-state index in [4.69, 9.17) is 4.74 Å². The Labute approximate surface area is 127 Å². The predicted molar refractivity (Wildman–Crippen MR) is 80.8 cm³/mol. The standard InChI is InChI=1S/C16H20BrFO2/c1-20-16-10-14(18)13(17)9-12(16)15(19)8-7-11-5-3-2-4-6-11/h9-11H,2-8H2,1H3. The minimum absolute atomic E-state index is 0.0353. The lowest BCUT2D eigenvalue weighted by atomic mass is 9.85. The van der Waals surface area contributed by atoms with Gasteiger partial charge in [-0.1, -0.05) is 32.1 Å². The smallest absolute Gasteiger partial charge is 0.166 e. The van der Waals surface area contributed by atoms with E-state index in [-0.39, 0.29) is 5.78 Å². The molecule has 0 radical (unpaired) electrons. The number of rotatable bonds is 5. The van der Waals surface area contributed by atoms with Crippen LogP contribution >= 0.6 is 15.9 Å². The molecule has 1 aliphatic rings. The predicted octanol–water partition coefficient (Wildman–Crippen LogP) is 5.14. The van der Waals surface area contributed by atoms with Crippen LogP contribution in [0.3, 0.4) is 0 Å². The Bertz CT molecular complexity index is 482. The molecule has 1 fully saturated rings. The summed E-state index contributed by atoms with van der Waals surface area (Å²) in [6.45, 7) is 0. The fraction of sp³-hybridized carbons (Fsp3) is 0.562. The first-order valence-corrected chi connectivity index (χ1v) is 7.97. The summed E-state index contributed by atoms with van der Waals surface area (Å²) in [5, 5.41) is 0. The zero-order chi connectivity index (χ0) is 14.5. The number of carbonyl (C=O) groups is 1. The summed E-state index contributed by atoms with van der Waals surface area (Å²) in [7, 11) is 1.46. The van der Waals surface area contributed by atoms with Crippen LogP contribution in [-0.4, -0.2) is 12.9 Å². The molecule has 0 spiro atoms. The van der Waals surface area contributed by atoms with Crippen molar-refractivity contribution in [3.8, 4) is 5.75 Å². The summed E-state index contributed by atoms with van der Waals surface area (Å²) >= 11 is 3.12. The van der Waals surface area contributed by atoms with E-state index < -0.39 is 5.82 Å². The first kappa shape index (κ1) is 15.5. The highest BCUT2D eigenvalue weighted by Crippen LogP contribution is 2.30. The Balaban J connectivity index is 2.02. The molecular weight excluding hydrogens is 323 g/mol. The number of benzene rings is 1. The second-order valence-electron chi connectivity index (χ2n) is 5.43. The molecule has 1 aromatic carbocycles.